The van der Waals surface area contributed by atoms with Crippen LogP contribution >= 0.6 is 0 Å². The highest BCUT2D eigenvalue weighted by Gasteiger charge is 2.31. The summed E-state index contributed by atoms with van der Waals surface area (Å²) in [6, 6.07) is 16.0. The minimum Gasteiger partial charge on any atom is -0.463 e. The predicted molar refractivity (Wildman–Crippen MR) is 170 cm³/mol. The Morgan fingerprint density at radius 2 is 1.74 bits per heavy atom. The van der Waals surface area contributed by atoms with Gasteiger partial charge in [-0.3, -0.25) is 4.79 Å². The number of nitrogens with zero attached hydrogens (tertiary/aromatic N) is 3. The summed E-state index contributed by atoms with van der Waals surface area (Å²) in [5, 5.41) is 0. The number of esters is 1. The van der Waals surface area contributed by atoms with Crippen molar-refractivity contribution in [2.75, 3.05) is 30.3 Å². The number of ether oxygens (including phenoxy) is 2. The lowest BCUT2D eigenvalue weighted by molar-refractivity contribution is -0.146. The van der Waals surface area contributed by atoms with E-state index >= 15 is 0 Å². The topological polar surface area (TPSA) is 98.0 Å². The van der Waals surface area contributed by atoms with Crippen LogP contribution in [0.2, 0.25) is 0 Å². The highest BCUT2D eigenvalue weighted by Crippen LogP contribution is 2.43. The van der Waals surface area contributed by atoms with Crippen molar-refractivity contribution < 1.29 is 19.1 Å². The second kappa shape index (κ2) is 12.7. The van der Waals surface area contributed by atoms with Crippen molar-refractivity contribution in [2.24, 2.45) is 5.41 Å². The fourth-order valence-corrected chi connectivity index (χ4v) is 6.05. The first-order valence-corrected chi connectivity index (χ1v) is 15.3. The van der Waals surface area contributed by atoms with E-state index in [2.05, 4.69) is 36.9 Å². The fourth-order valence-electron chi connectivity index (χ4n) is 6.05. The molecule has 2 N–H and O–H groups in total. The Hall–Kier alpha value is -4.07. The van der Waals surface area contributed by atoms with Crippen molar-refractivity contribution in [1.29, 1.82) is 0 Å². The molecule has 2 aliphatic rings. The standard InChI is InChI=1S/C35H44N4O4/c1-23(2)43-30(40)20-29-24(3)37-33(36)31(32(29)38-17-14-35(4,5)15-18-38)27-11-12-28-21-39(16-13-26(28)19-27)34(41)42-22-25-9-7-6-8-10-25/h6-12,19,23H,13-18,20-22H2,1-5H3,(H2,36,37). The minimum atomic E-state index is -0.307. The summed E-state index contributed by atoms with van der Waals surface area (Å²) in [5.74, 6) is 0.194. The number of amides is 1. The van der Waals surface area contributed by atoms with Crippen LogP contribution in [0.15, 0.2) is 48.5 Å². The smallest absolute Gasteiger partial charge is 0.410 e. The molecule has 0 aliphatic carbocycles. The Morgan fingerprint density at radius 3 is 2.44 bits per heavy atom. The van der Waals surface area contributed by atoms with Crippen LogP contribution < -0.4 is 10.6 Å². The molecule has 1 saturated heterocycles. The summed E-state index contributed by atoms with van der Waals surface area (Å²) in [7, 11) is 0. The maximum Gasteiger partial charge on any atom is 0.410 e. The molecule has 5 rings (SSSR count). The number of nitrogens with two attached hydrogens (primary N) is 1. The van der Waals surface area contributed by atoms with Gasteiger partial charge in [0.15, 0.2) is 0 Å². The van der Waals surface area contributed by atoms with Crippen LogP contribution in [0, 0.1) is 12.3 Å². The Labute approximate surface area is 255 Å². The van der Waals surface area contributed by atoms with E-state index in [-0.39, 0.29) is 36.6 Å². The van der Waals surface area contributed by atoms with E-state index in [1.54, 1.807) is 4.90 Å². The van der Waals surface area contributed by atoms with E-state index in [0.717, 1.165) is 65.1 Å². The highest BCUT2D eigenvalue weighted by atomic mass is 16.6. The molecule has 8 heteroatoms. The first-order chi connectivity index (χ1) is 20.5. The molecular weight excluding hydrogens is 540 g/mol. The Bertz CT molecular complexity index is 1470. The molecule has 1 amide bonds. The van der Waals surface area contributed by atoms with Gasteiger partial charge in [-0.25, -0.2) is 9.78 Å². The van der Waals surface area contributed by atoms with Gasteiger partial charge in [-0.15, -0.1) is 0 Å². The van der Waals surface area contributed by atoms with Crippen molar-refractivity contribution in [3.63, 3.8) is 0 Å². The maximum absolute atomic E-state index is 12.9. The van der Waals surface area contributed by atoms with Gasteiger partial charge >= 0.3 is 12.1 Å². The summed E-state index contributed by atoms with van der Waals surface area (Å²) in [5.41, 5.74) is 14.6. The van der Waals surface area contributed by atoms with E-state index in [1.165, 1.54) is 5.56 Å². The number of nitrogen functional groups attached to an aromatic ring is 1. The van der Waals surface area contributed by atoms with Gasteiger partial charge in [0.1, 0.15) is 12.4 Å². The molecule has 0 unspecified atom stereocenters. The quantitative estimate of drug-likeness (QED) is 0.319. The average Bonchev–Trinajstić information content (AvgIpc) is 2.97. The summed E-state index contributed by atoms with van der Waals surface area (Å²) in [6.07, 6.45) is 2.45. The van der Waals surface area contributed by atoms with Crippen LogP contribution in [0.25, 0.3) is 11.1 Å². The van der Waals surface area contributed by atoms with Gasteiger partial charge in [0, 0.05) is 43.0 Å². The second-order valence-corrected chi connectivity index (χ2v) is 12.8. The number of rotatable bonds is 7. The second-order valence-electron chi connectivity index (χ2n) is 12.8. The number of benzene rings is 2. The van der Waals surface area contributed by atoms with Crippen LogP contribution in [0.5, 0.6) is 0 Å². The van der Waals surface area contributed by atoms with E-state index in [1.807, 2.05) is 51.1 Å². The molecule has 3 heterocycles. The van der Waals surface area contributed by atoms with Crippen LogP contribution in [-0.4, -0.2) is 47.7 Å². The van der Waals surface area contributed by atoms with Crippen molar-refractivity contribution in [1.82, 2.24) is 9.88 Å². The number of piperidine rings is 1. The molecule has 1 aromatic heterocycles. The molecule has 2 aliphatic heterocycles. The van der Waals surface area contributed by atoms with E-state index in [0.29, 0.717) is 25.3 Å². The minimum absolute atomic E-state index is 0.143. The third-order valence-electron chi connectivity index (χ3n) is 8.60. The molecule has 1 fully saturated rings. The summed E-state index contributed by atoms with van der Waals surface area (Å²) in [4.78, 5) is 34.6. The number of pyridine rings is 1. The van der Waals surface area contributed by atoms with E-state index < -0.39 is 0 Å². The first kappa shape index (κ1) is 30.4. The molecular formula is C35H44N4O4. The molecule has 2 aromatic carbocycles. The van der Waals surface area contributed by atoms with Crippen LogP contribution in [0.3, 0.4) is 0 Å². The zero-order valence-corrected chi connectivity index (χ0v) is 26.1. The third kappa shape index (κ3) is 7.12. The van der Waals surface area contributed by atoms with Gasteiger partial charge < -0.3 is 25.0 Å². The molecule has 0 bridgehead atoms. The monoisotopic (exact) mass is 584 g/mol. The SMILES string of the molecule is Cc1nc(N)c(-c2ccc3c(c2)CCN(C(=O)OCc2ccccc2)C3)c(N2CCC(C)(C)CC2)c1CC(=O)OC(C)C. The number of carbonyl (C=O) groups excluding carboxylic acids is 2. The maximum atomic E-state index is 12.9. The molecule has 228 valence electrons. The van der Waals surface area contributed by atoms with E-state index in [9.17, 15) is 9.59 Å². The van der Waals surface area contributed by atoms with Gasteiger partial charge in [-0.05, 0) is 67.7 Å². The molecule has 0 radical (unpaired) electrons. The zero-order valence-electron chi connectivity index (χ0n) is 26.1. The Kier molecular flexibility index (Phi) is 8.95. The van der Waals surface area contributed by atoms with Gasteiger partial charge in [0.2, 0.25) is 0 Å². The first-order valence-electron chi connectivity index (χ1n) is 15.3. The zero-order chi connectivity index (χ0) is 30.7. The summed E-state index contributed by atoms with van der Waals surface area (Å²) >= 11 is 0. The lowest BCUT2D eigenvalue weighted by atomic mass is 9.82. The summed E-state index contributed by atoms with van der Waals surface area (Å²) < 4.78 is 11.1. The average molecular weight is 585 g/mol. The normalized spacial score (nSPS) is 16.1. The van der Waals surface area contributed by atoms with E-state index in [4.69, 9.17) is 20.2 Å². The van der Waals surface area contributed by atoms with Crippen molar-refractivity contribution in [3.05, 3.63) is 76.5 Å². The van der Waals surface area contributed by atoms with Crippen molar-refractivity contribution in [3.8, 4) is 11.1 Å². The number of anilines is 2. The predicted octanol–water partition coefficient (Wildman–Crippen LogP) is 6.45. The fraction of sp³-hybridized carbons (Fsp3) is 0.457. The van der Waals surface area contributed by atoms with Crippen molar-refractivity contribution in [2.45, 2.75) is 79.6 Å². The lowest BCUT2D eigenvalue weighted by Crippen LogP contribution is -2.38. The van der Waals surface area contributed by atoms with Gasteiger partial charge in [-0.1, -0.05) is 62.4 Å². The highest BCUT2D eigenvalue weighted by molar-refractivity contribution is 5.91. The number of fused-ring (bicyclic) bond motifs is 1. The molecule has 43 heavy (non-hydrogen) atoms. The number of carbonyl (C=O) groups is 2. The van der Waals surface area contributed by atoms with Crippen LogP contribution in [0.1, 0.15) is 68.5 Å². The third-order valence-corrected chi connectivity index (χ3v) is 8.60. The number of aryl methyl sites for hydroxylation is 1. The van der Waals surface area contributed by atoms with Gasteiger partial charge in [0.05, 0.1) is 18.2 Å². The largest absolute Gasteiger partial charge is 0.463 e. The van der Waals surface area contributed by atoms with Crippen LogP contribution in [-0.2, 0) is 40.3 Å². The Balaban J connectivity index is 1.44. The Morgan fingerprint density at radius 1 is 1.02 bits per heavy atom. The molecule has 3 aromatic rings. The number of hydrogen-bond acceptors (Lipinski definition) is 7. The molecule has 0 saturated carbocycles. The molecule has 0 atom stereocenters. The molecule has 0 spiro atoms. The molecule has 8 nitrogen and oxygen atoms in total. The number of aromatic nitrogens is 1. The van der Waals surface area contributed by atoms with Crippen LogP contribution in [0.4, 0.5) is 16.3 Å². The lowest BCUT2D eigenvalue weighted by Gasteiger charge is -2.40. The number of hydrogen-bond donors (Lipinski definition) is 1. The summed E-state index contributed by atoms with van der Waals surface area (Å²) in [6.45, 7) is 13.3. The van der Waals surface area contributed by atoms with Crippen molar-refractivity contribution >= 4 is 23.6 Å². The van der Waals surface area contributed by atoms with Gasteiger partial charge in [-0.2, -0.15) is 0 Å². The van der Waals surface area contributed by atoms with Gasteiger partial charge in [0.25, 0.3) is 0 Å².